The molecule has 1 aliphatic carbocycles. The zero-order valence-electron chi connectivity index (χ0n) is 10.3. The summed E-state index contributed by atoms with van der Waals surface area (Å²) in [7, 11) is 2.20. The van der Waals surface area contributed by atoms with Crippen molar-refractivity contribution < 1.29 is 0 Å². The van der Waals surface area contributed by atoms with Crippen LogP contribution in [-0.2, 0) is 0 Å². The van der Waals surface area contributed by atoms with Crippen molar-refractivity contribution >= 4 is 0 Å². The minimum Gasteiger partial charge on any atom is -0.316 e. The first-order valence-electron chi connectivity index (χ1n) is 6.50. The molecule has 2 rings (SSSR count). The van der Waals surface area contributed by atoms with Gasteiger partial charge in [-0.25, -0.2) is 0 Å². The summed E-state index contributed by atoms with van der Waals surface area (Å²) in [6.45, 7) is 4.71. The summed E-state index contributed by atoms with van der Waals surface area (Å²) in [5.41, 5.74) is 0.361. The first-order chi connectivity index (χ1) is 7.74. The molecule has 1 aliphatic heterocycles. The summed E-state index contributed by atoms with van der Waals surface area (Å²) in [4.78, 5) is 2.41. The normalized spacial score (nSPS) is 25.2. The first kappa shape index (κ1) is 11.9. The maximum Gasteiger partial charge on any atom is 0.0628 e. The van der Waals surface area contributed by atoms with E-state index in [-0.39, 0.29) is 0 Å². The van der Waals surface area contributed by atoms with E-state index in [9.17, 15) is 0 Å². The number of nitrogens with one attached hydrogen (secondary N) is 1. The second-order valence-electron chi connectivity index (χ2n) is 5.71. The second-order valence-corrected chi connectivity index (χ2v) is 5.71. The van der Waals surface area contributed by atoms with Crippen molar-refractivity contribution in [1.29, 1.82) is 5.26 Å². The molecule has 0 bridgehead atoms. The Labute approximate surface area is 98.8 Å². The van der Waals surface area contributed by atoms with Crippen LogP contribution in [-0.4, -0.2) is 38.1 Å². The third kappa shape index (κ3) is 3.20. The fourth-order valence-electron chi connectivity index (χ4n) is 2.57. The zero-order valence-corrected chi connectivity index (χ0v) is 10.3. The van der Waals surface area contributed by atoms with Crippen LogP contribution in [0.5, 0.6) is 0 Å². The molecule has 3 nitrogen and oxygen atoms in total. The molecule has 1 saturated heterocycles. The Morgan fingerprint density at radius 1 is 1.38 bits per heavy atom. The molecule has 2 fully saturated rings. The molecule has 0 aromatic carbocycles. The van der Waals surface area contributed by atoms with E-state index in [1.54, 1.807) is 0 Å². The van der Waals surface area contributed by atoms with Crippen molar-refractivity contribution in [2.75, 3.05) is 33.2 Å². The lowest BCUT2D eigenvalue weighted by molar-refractivity contribution is 0.214. The third-order valence-electron chi connectivity index (χ3n) is 4.18. The molecular formula is C13H23N3. The molecule has 0 aromatic heterocycles. The number of hydrogen-bond donors (Lipinski definition) is 1. The molecular weight excluding hydrogens is 198 g/mol. The standard InChI is InChI=1S/C13H23N3/c1-16-8-2-12(3-9-16)10-15-11-13(4-5-13)6-7-14/h12,15H,2-6,8-11H2,1H3. The van der Waals surface area contributed by atoms with Crippen LogP contribution in [0.4, 0.5) is 0 Å². The number of rotatable bonds is 5. The Balaban J connectivity index is 1.60. The van der Waals surface area contributed by atoms with Gasteiger partial charge >= 0.3 is 0 Å². The highest BCUT2D eigenvalue weighted by molar-refractivity contribution is 5.00. The summed E-state index contributed by atoms with van der Waals surface area (Å²) < 4.78 is 0. The van der Waals surface area contributed by atoms with Crippen molar-refractivity contribution in [2.45, 2.75) is 32.1 Å². The fraction of sp³-hybridized carbons (Fsp3) is 0.923. The van der Waals surface area contributed by atoms with Gasteiger partial charge in [0.25, 0.3) is 0 Å². The number of nitrogens with zero attached hydrogens (tertiary/aromatic N) is 2. The van der Waals surface area contributed by atoms with E-state index in [1.165, 1.54) is 38.8 Å². The van der Waals surface area contributed by atoms with Crippen molar-refractivity contribution in [1.82, 2.24) is 10.2 Å². The van der Waals surface area contributed by atoms with Crippen LogP contribution in [0.1, 0.15) is 32.1 Å². The molecule has 1 N–H and O–H groups in total. The highest BCUT2D eigenvalue weighted by Gasteiger charge is 2.41. The van der Waals surface area contributed by atoms with E-state index in [4.69, 9.17) is 5.26 Å². The van der Waals surface area contributed by atoms with Crippen LogP contribution < -0.4 is 5.32 Å². The molecule has 0 unspecified atom stereocenters. The van der Waals surface area contributed by atoms with Crippen LogP contribution >= 0.6 is 0 Å². The van der Waals surface area contributed by atoms with Crippen molar-refractivity contribution in [3.05, 3.63) is 0 Å². The summed E-state index contributed by atoms with van der Waals surface area (Å²) in [6, 6.07) is 2.32. The van der Waals surface area contributed by atoms with Crippen LogP contribution in [0.25, 0.3) is 0 Å². The summed E-state index contributed by atoms with van der Waals surface area (Å²) in [6.07, 6.45) is 5.90. The van der Waals surface area contributed by atoms with Crippen molar-refractivity contribution in [2.24, 2.45) is 11.3 Å². The lowest BCUT2D eigenvalue weighted by atomic mass is 9.96. The highest BCUT2D eigenvalue weighted by atomic mass is 15.1. The topological polar surface area (TPSA) is 39.1 Å². The Hall–Kier alpha value is -0.590. The van der Waals surface area contributed by atoms with E-state index >= 15 is 0 Å². The number of nitriles is 1. The Morgan fingerprint density at radius 3 is 2.62 bits per heavy atom. The lowest BCUT2D eigenvalue weighted by Crippen LogP contribution is -2.36. The second kappa shape index (κ2) is 5.16. The predicted octanol–water partition coefficient (Wildman–Crippen LogP) is 1.61. The van der Waals surface area contributed by atoms with Crippen LogP contribution in [0, 0.1) is 22.7 Å². The summed E-state index contributed by atoms with van der Waals surface area (Å²) in [5.74, 6) is 0.856. The van der Waals surface area contributed by atoms with Crippen LogP contribution in [0.15, 0.2) is 0 Å². The lowest BCUT2D eigenvalue weighted by Gasteiger charge is -2.29. The maximum absolute atomic E-state index is 8.74. The monoisotopic (exact) mass is 221 g/mol. The molecule has 3 heteroatoms. The average molecular weight is 221 g/mol. The van der Waals surface area contributed by atoms with E-state index in [1.807, 2.05) is 0 Å². The number of hydrogen-bond acceptors (Lipinski definition) is 3. The van der Waals surface area contributed by atoms with E-state index in [0.29, 0.717) is 5.41 Å². The van der Waals surface area contributed by atoms with Gasteiger partial charge in [0.05, 0.1) is 6.07 Å². The molecule has 0 spiro atoms. The number of piperidine rings is 1. The van der Waals surface area contributed by atoms with Crippen molar-refractivity contribution in [3.8, 4) is 6.07 Å². The Kier molecular flexibility index (Phi) is 3.83. The minimum atomic E-state index is 0.361. The SMILES string of the molecule is CN1CCC(CNCC2(CC#N)CC2)CC1. The van der Waals surface area contributed by atoms with Gasteiger partial charge in [-0.2, -0.15) is 5.26 Å². The fourth-order valence-corrected chi connectivity index (χ4v) is 2.57. The van der Waals surface area contributed by atoms with Gasteiger partial charge in [0.2, 0.25) is 0 Å². The zero-order chi connectivity index (χ0) is 11.4. The van der Waals surface area contributed by atoms with Gasteiger partial charge in [0.1, 0.15) is 0 Å². The molecule has 0 amide bonds. The molecule has 16 heavy (non-hydrogen) atoms. The molecule has 1 saturated carbocycles. The molecule has 0 aromatic rings. The van der Waals surface area contributed by atoms with Crippen molar-refractivity contribution in [3.63, 3.8) is 0 Å². The number of likely N-dealkylation sites (tertiary alicyclic amines) is 1. The van der Waals surface area contributed by atoms with Gasteiger partial charge in [-0.3, -0.25) is 0 Å². The van der Waals surface area contributed by atoms with Crippen LogP contribution in [0.2, 0.25) is 0 Å². The Morgan fingerprint density at radius 2 is 2.06 bits per heavy atom. The highest BCUT2D eigenvalue weighted by Crippen LogP contribution is 2.47. The molecule has 1 heterocycles. The van der Waals surface area contributed by atoms with Crippen LogP contribution in [0.3, 0.4) is 0 Å². The first-order valence-corrected chi connectivity index (χ1v) is 6.50. The molecule has 0 atom stereocenters. The molecule has 90 valence electrons. The van der Waals surface area contributed by atoms with E-state index in [0.717, 1.165) is 25.4 Å². The quantitative estimate of drug-likeness (QED) is 0.766. The largest absolute Gasteiger partial charge is 0.316 e. The van der Waals surface area contributed by atoms with Gasteiger partial charge in [0, 0.05) is 13.0 Å². The van der Waals surface area contributed by atoms with Gasteiger partial charge in [0.15, 0.2) is 0 Å². The Bertz CT molecular complexity index is 257. The third-order valence-corrected chi connectivity index (χ3v) is 4.18. The summed E-state index contributed by atoms with van der Waals surface area (Å²) >= 11 is 0. The van der Waals surface area contributed by atoms with Gasteiger partial charge in [-0.05, 0) is 63.7 Å². The maximum atomic E-state index is 8.74. The van der Waals surface area contributed by atoms with E-state index < -0.39 is 0 Å². The smallest absolute Gasteiger partial charge is 0.0628 e. The van der Waals surface area contributed by atoms with Gasteiger partial charge in [-0.1, -0.05) is 0 Å². The van der Waals surface area contributed by atoms with Gasteiger partial charge in [-0.15, -0.1) is 0 Å². The van der Waals surface area contributed by atoms with E-state index in [2.05, 4.69) is 23.3 Å². The van der Waals surface area contributed by atoms with Gasteiger partial charge < -0.3 is 10.2 Å². The minimum absolute atomic E-state index is 0.361. The molecule has 2 aliphatic rings. The average Bonchev–Trinajstić information content (AvgIpc) is 3.02. The predicted molar refractivity (Wildman–Crippen MR) is 65.0 cm³/mol. The molecule has 0 radical (unpaired) electrons. The summed E-state index contributed by atoms with van der Waals surface area (Å²) in [5, 5.41) is 12.3.